The summed E-state index contributed by atoms with van der Waals surface area (Å²) < 4.78 is 10.1. The summed E-state index contributed by atoms with van der Waals surface area (Å²) in [6, 6.07) is 0. The largest absolute Gasteiger partial charge is 0.469 e. The van der Waals surface area contributed by atoms with Gasteiger partial charge in [0.2, 0.25) is 0 Å². The zero-order valence-corrected chi connectivity index (χ0v) is 15.9. The number of rotatable bonds is 10. The minimum absolute atomic E-state index is 0. The van der Waals surface area contributed by atoms with Crippen LogP contribution in [-0.2, 0) is 14.3 Å². The lowest BCUT2D eigenvalue weighted by Gasteiger charge is -2.11. The molecule has 0 aliphatic carbocycles. The van der Waals surface area contributed by atoms with Gasteiger partial charge >= 0.3 is 5.97 Å². The highest BCUT2D eigenvalue weighted by Gasteiger charge is 2.01. The van der Waals surface area contributed by atoms with Gasteiger partial charge < -0.3 is 20.1 Å². The zero-order valence-electron chi connectivity index (χ0n) is 13.6. The SMILES string of the molecule is CCNC(=NCCCOCC(C)C)NCCC(=O)OC.I. The lowest BCUT2D eigenvalue weighted by molar-refractivity contribution is -0.140. The van der Waals surface area contributed by atoms with Crippen LogP contribution in [0.1, 0.15) is 33.6 Å². The molecule has 0 amide bonds. The van der Waals surface area contributed by atoms with E-state index in [2.05, 4.69) is 34.2 Å². The van der Waals surface area contributed by atoms with Crippen molar-refractivity contribution < 1.29 is 14.3 Å². The van der Waals surface area contributed by atoms with Crippen molar-refractivity contribution in [3.05, 3.63) is 0 Å². The minimum atomic E-state index is -0.226. The second-order valence-electron chi connectivity index (χ2n) is 4.84. The van der Waals surface area contributed by atoms with Gasteiger partial charge in [-0.1, -0.05) is 13.8 Å². The van der Waals surface area contributed by atoms with Crippen molar-refractivity contribution in [3.63, 3.8) is 0 Å². The third-order valence-electron chi connectivity index (χ3n) is 2.36. The van der Waals surface area contributed by atoms with Crippen LogP contribution >= 0.6 is 24.0 Å². The quantitative estimate of drug-likeness (QED) is 0.187. The molecule has 0 fully saturated rings. The first-order valence-corrected chi connectivity index (χ1v) is 7.26. The van der Waals surface area contributed by atoms with E-state index in [9.17, 15) is 4.79 Å². The van der Waals surface area contributed by atoms with Crippen LogP contribution in [0.3, 0.4) is 0 Å². The first-order chi connectivity index (χ1) is 9.60. The number of ether oxygens (including phenoxy) is 2. The Kier molecular flexibility index (Phi) is 17.1. The van der Waals surface area contributed by atoms with Gasteiger partial charge in [-0.2, -0.15) is 0 Å². The van der Waals surface area contributed by atoms with E-state index in [1.165, 1.54) is 7.11 Å². The summed E-state index contributed by atoms with van der Waals surface area (Å²) in [6.07, 6.45) is 1.22. The Hall–Kier alpha value is -0.570. The number of esters is 1. The number of carbonyl (C=O) groups is 1. The Morgan fingerprint density at radius 2 is 2.00 bits per heavy atom. The zero-order chi connectivity index (χ0) is 15.2. The Bertz CT molecular complexity index is 287. The molecule has 2 N–H and O–H groups in total. The Labute approximate surface area is 145 Å². The highest BCUT2D eigenvalue weighted by molar-refractivity contribution is 14.0. The van der Waals surface area contributed by atoms with Gasteiger partial charge in [-0.3, -0.25) is 9.79 Å². The van der Waals surface area contributed by atoms with Gasteiger partial charge in [0.05, 0.1) is 13.5 Å². The topological polar surface area (TPSA) is 72.0 Å². The van der Waals surface area contributed by atoms with Crippen LogP contribution in [0.15, 0.2) is 4.99 Å². The molecular formula is C14H30IN3O3. The summed E-state index contributed by atoms with van der Waals surface area (Å²) in [5.41, 5.74) is 0. The molecule has 6 nitrogen and oxygen atoms in total. The Morgan fingerprint density at radius 1 is 1.29 bits per heavy atom. The molecule has 0 aromatic carbocycles. The van der Waals surface area contributed by atoms with Crippen molar-refractivity contribution in [2.24, 2.45) is 10.9 Å². The molecule has 0 atom stereocenters. The molecule has 0 aromatic heterocycles. The fraction of sp³-hybridized carbons (Fsp3) is 0.857. The Balaban J connectivity index is 0. The molecule has 21 heavy (non-hydrogen) atoms. The summed E-state index contributed by atoms with van der Waals surface area (Å²) in [6.45, 7) is 9.79. The van der Waals surface area contributed by atoms with Crippen LogP contribution in [0.5, 0.6) is 0 Å². The molecule has 0 rings (SSSR count). The number of hydrogen-bond acceptors (Lipinski definition) is 4. The summed E-state index contributed by atoms with van der Waals surface area (Å²) in [5.74, 6) is 1.06. The first kappa shape index (κ1) is 22.7. The van der Waals surface area contributed by atoms with Crippen LogP contribution in [-0.4, -0.2) is 51.9 Å². The number of hydrogen-bond donors (Lipinski definition) is 2. The number of methoxy groups -OCH3 is 1. The molecular weight excluding hydrogens is 385 g/mol. The molecule has 0 saturated carbocycles. The predicted molar refractivity (Wildman–Crippen MR) is 96.3 cm³/mol. The van der Waals surface area contributed by atoms with Gasteiger partial charge in [-0.05, 0) is 19.3 Å². The monoisotopic (exact) mass is 415 g/mol. The number of carbonyl (C=O) groups excluding carboxylic acids is 1. The van der Waals surface area contributed by atoms with Crippen LogP contribution in [0.4, 0.5) is 0 Å². The maximum absolute atomic E-state index is 11.0. The van der Waals surface area contributed by atoms with E-state index >= 15 is 0 Å². The third kappa shape index (κ3) is 15.6. The van der Waals surface area contributed by atoms with E-state index in [-0.39, 0.29) is 29.9 Å². The van der Waals surface area contributed by atoms with Gasteiger partial charge in [0, 0.05) is 32.8 Å². The van der Waals surface area contributed by atoms with Crippen LogP contribution in [0.2, 0.25) is 0 Å². The van der Waals surface area contributed by atoms with Gasteiger partial charge in [0.15, 0.2) is 5.96 Å². The second kappa shape index (κ2) is 15.8. The predicted octanol–water partition coefficient (Wildman–Crippen LogP) is 1.79. The molecule has 0 radical (unpaired) electrons. The smallest absolute Gasteiger partial charge is 0.307 e. The van der Waals surface area contributed by atoms with Crippen molar-refractivity contribution in [3.8, 4) is 0 Å². The lowest BCUT2D eigenvalue weighted by Crippen LogP contribution is -2.38. The minimum Gasteiger partial charge on any atom is -0.469 e. The number of nitrogens with one attached hydrogen (secondary N) is 2. The average molecular weight is 415 g/mol. The van der Waals surface area contributed by atoms with Gasteiger partial charge in [0.25, 0.3) is 0 Å². The van der Waals surface area contributed by atoms with Gasteiger partial charge in [-0.15, -0.1) is 24.0 Å². The van der Waals surface area contributed by atoms with Crippen molar-refractivity contribution in [1.29, 1.82) is 0 Å². The average Bonchev–Trinajstić information content (AvgIpc) is 2.41. The molecule has 126 valence electrons. The molecule has 0 bridgehead atoms. The van der Waals surface area contributed by atoms with Crippen LogP contribution in [0.25, 0.3) is 0 Å². The van der Waals surface area contributed by atoms with E-state index in [0.29, 0.717) is 25.4 Å². The van der Waals surface area contributed by atoms with Crippen molar-refractivity contribution >= 4 is 35.9 Å². The molecule has 7 heteroatoms. The summed E-state index contributed by atoms with van der Waals surface area (Å²) in [7, 11) is 1.39. The molecule has 0 saturated heterocycles. The number of nitrogens with zero attached hydrogens (tertiary/aromatic N) is 1. The Morgan fingerprint density at radius 3 is 2.57 bits per heavy atom. The first-order valence-electron chi connectivity index (χ1n) is 7.26. The van der Waals surface area contributed by atoms with E-state index in [4.69, 9.17) is 4.74 Å². The van der Waals surface area contributed by atoms with E-state index in [1.807, 2.05) is 6.92 Å². The maximum atomic E-state index is 11.0. The normalized spacial score (nSPS) is 11.0. The molecule has 0 aromatic rings. The molecule has 0 unspecified atom stereocenters. The van der Waals surface area contributed by atoms with Crippen molar-refractivity contribution in [2.75, 3.05) is 40.0 Å². The summed E-state index contributed by atoms with van der Waals surface area (Å²) in [5, 5.41) is 6.22. The van der Waals surface area contributed by atoms with Crippen molar-refractivity contribution in [2.45, 2.75) is 33.6 Å². The molecule has 0 heterocycles. The number of guanidine groups is 1. The van der Waals surface area contributed by atoms with Gasteiger partial charge in [-0.25, -0.2) is 0 Å². The molecule has 0 aliphatic heterocycles. The summed E-state index contributed by atoms with van der Waals surface area (Å²) >= 11 is 0. The van der Waals surface area contributed by atoms with Gasteiger partial charge in [0.1, 0.15) is 0 Å². The fourth-order valence-corrected chi connectivity index (χ4v) is 1.40. The summed E-state index contributed by atoms with van der Waals surface area (Å²) in [4.78, 5) is 15.4. The number of halogens is 1. The van der Waals surface area contributed by atoms with Crippen LogP contribution < -0.4 is 10.6 Å². The number of aliphatic imine (C=N–C) groups is 1. The van der Waals surface area contributed by atoms with E-state index in [1.54, 1.807) is 0 Å². The second-order valence-corrected chi connectivity index (χ2v) is 4.84. The fourth-order valence-electron chi connectivity index (χ4n) is 1.40. The highest BCUT2D eigenvalue weighted by atomic mass is 127. The van der Waals surface area contributed by atoms with E-state index < -0.39 is 0 Å². The standard InChI is InChI=1S/C14H29N3O3.HI/c1-5-15-14(17-9-7-13(18)19-4)16-8-6-10-20-11-12(2)3;/h12H,5-11H2,1-4H3,(H2,15,16,17);1H. The molecule has 0 spiro atoms. The third-order valence-corrected chi connectivity index (χ3v) is 2.36. The lowest BCUT2D eigenvalue weighted by atomic mass is 10.2. The highest BCUT2D eigenvalue weighted by Crippen LogP contribution is 1.93. The molecule has 0 aliphatic rings. The van der Waals surface area contributed by atoms with Crippen LogP contribution in [0, 0.1) is 5.92 Å². The van der Waals surface area contributed by atoms with E-state index in [0.717, 1.165) is 32.1 Å². The van der Waals surface area contributed by atoms with Crippen molar-refractivity contribution in [1.82, 2.24) is 10.6 Å². The maximum Gasteiger partial charge on any atom is 0.307 e.